The topological polar surface area (TPSA) is 32.9 Å². The number of hydrogen-bond acceptors (Lipinski definition) is 1. The van der Waals surface area contributed by atoms with Crippen LogP contribution in [-0.2, 0) is 6.18 Å². The second kappa shape index (κ2) is 5.18. The molecule has 0 spiro atoms. The number of nitrogens with one attached hydrogen (secondary N) is 1. The van der Waals surface area contributed by atoms with E-state index >= 15 is 0 Å². The maximum absolute atomic E-state index is 12.5. The molecule has 1 aromatic heterocycles. The Morgan fingerprint density at radius 3 is 2.41 bits per heavy atom. The predicted molar refractivity (Wildman–Crippen MR) is 77.0 cm³/mol. The molecule has 3 rings (SSSR count). The second-order valence-electron chi connectivity index (χ2n) is 4.72. The van der Waals surface area contributed by atoms with E-state index in [1.807, 2.05) is 0 Å². The van der Waals surface area contributed by atoms with E-state index in [1.165, 1.54) is 0 Å². The van der Waals surface area contributed by atoms with Crippen LogP contribution in [0.1, 0.15) is 21.6 Å². The van der Waals surface area contributed by atoms with Crippen molar-refractivity contribution in [3.63, 3.8) is 0 Å². The van der Waals surface area contributed by atoms with Gasteiger partial charge in [-0.05, 0) is 24.3 Å². The summed E-state index contributed by atoms with van der Waals surface area (Å²) < 4.78 is 37.5. The van der Waals surface area contributed by atoms with E-state index in [4.69, 9.17) is 11.6 Å². The fourth-order valence-corrected chi connectivity index (χ4v) is 2.27. The zero-order valence-electron chi connectivity index (χ0n) is 11.0. The van der Waals surface area contributed by atoms with E-state index < -0.39 is 17.5 Å². The molecule has 0 unspecified atom stereocenters. The van der Waals surface area contributed by atoms with Gasteiger partial charge < -0.3 is 4.98 Å². The third-order valence-electron chi connectivity index (χ3n) is 3.20. The SMILES string of the molecule is O=C(c1ccc(C(F)(F)F)cc1)c1[c]c2ccc(Cl)cc2[nH]1. The quantitative estimate of drug-likeness (QED) is 0.671. The average molecular weight is 323 g/mol. The Kier molecular flexibility index (Phi) is 3.45. The van der Waals surface area contributed by atoms with Crippen molar-refractivity contribution in [1.82, 2.24) is 4.98 Å². The molecule has 1 N–H and O–H groups in total. The van der Waals surface area contributed by atoms with Crippen LogP contribution in [0.5, 0.6) is 0 Å². The Bertz CT molecular complexity index is 850. The molecule has 0 aliphatic carbocycles. The monoisotopic (exact) mass is 322 g/mol. The molecule has 3 aromatic rings. The van der Waals surface area contributed by atoms with Gasteiger partial charge in [0.15, 0.2) is 0 Å². The van der Waals surface area contributed by atoms with Gasteiger partial charge in [0.2, 0.25) is 5.78 Å². The smallest absolute Gasteiger partial charge is 0.351 e. The largest absolute Gasteiger partial charge is 0.416 e. The van der Waals surface area contributed by atoms with Crippen molar-refractivity contribution in [3.8, 4) is 0 Å². The normalized spacial score (nSPS) is 11.8. The molecule has 111 valence electrons. The second-order valence-corrected chi connectivity index (χ2v) is 5.16. The summed E-state index contributed by atoms with van der Waals surface area (Å²) in [4.78, 5) is 15.2. The van der Waals surface area contributed by atoms with Gasteiger partial charge in [-0.2, -0.15) is 13.2 Å². The van der Waals surface area contributed by atoms with Gasteiger partial charge in [-0.15, -0.1) is 0 Å². The van der Waals surface area contributed by atoms with Gasteiger partial charge in [-0.3, -0.25) is 4.79 Å². The molecule has 0 aliphatic heterocycles. The predicted octanol–water partition coefficient (Wildman–Crippen LogP) is 4.87. The molecular weight excluding hydrogens is 315 g/mol. The summed E-state index contributed by atoms with van der Waals surface area (Å²) in [5, 5.41) is 1.19. The molecule has 22 heavy (non-hydrogen) atoms. The molecule has 0 fully saturated rings. The standard InChI is InChI=1S/C16H8ClF3NO/c17-12-6-3-10-7-14(21-13(10)8-12)15(22)9-1-4-11(5-2-9)16(18,19)20/h1-6,8,21H. The van der Waals surface area contributed by atoms with Crippen LogP contribution in [0, 0.1) is 6.07 Å². The molecule has 2 nitrogen and oxygen atoms in total. The number of benzene rings is 2. The van der Waals surface area contributed by atoms with E-state index in [-0.39, 0.29) is 11.3 Å². The van der Waals surface area contributed by atoms with Crippen LogP contribution in [0.15, 0.2) is 42.5 Å². The van der Waals surface area contributed by atoms with Crippen molar-refractivity contribution in [2.24, 2.45) is 0 Å². The Labute approximate surface area is 128 Å². The number of aromatic amines is 1. The molecule has 0 saturated heterocycles. The van der Waals surface area contributed by atoms with Crippen LogP contribution in [0.3, 0.4) is 0 Å². The molecule has 0 aliphatic rings. The van der Waals surface area contributed by atoms with Crippen LogP contribution in [0.4, 0.5) is 13.2 Å². The van der Waals surface area contributed by atoms with Gasteiger partial charge in [-0.25, -0.2) is 0 Å². The maximum Gasteiger partial charge on any atom is 0.416 e. The number of alkyl halides is 3. The molecule has 1 heterocycles. The highest BCUT2D eigenvalue weighted by Gasteiger charge is 2.30. The van der Waals surface area contributed by atoms with Crippen LogP contribution < -0.4 is 0 Å². The van der Waals surface area contributed by atoms with Crippen molar-refractivity contribution in [3.05, 3.63) is 70.4 Å². The first-order valence-corrected chi connectivity index (χ1v) is 6.65. The number of fused-ring (bicyclic) bond motifs is 1. The molecular formula is C16H8ClF3NO. The zero-order valence-corrected chi connectivity index (χ0v) is 11.7. The lowest BCUT2D eigenvalue weighted by Crippen LogP contribution is -2.06. The first-order valence-electron chi connectivity index (χ1n) is 6.27. The lowest BCUT2D eigenvalue weighted by Gasteiger charge is -2.06. The van der Waals surface area contributed by atoms with Crippen molar-refractivity contribution in [1.29, 1.82) is 0 Å². The highest BCUT2D eigenvalue weighted by Crippen LogP contribution is 2.29. The van der Waals surface area contributed by atoms with Crippen molar-refractivity contribution in [2.45, 2.75) is 6.18 Å². The summed E-state index contributed by atoms with van der Waals surface area (Å²) in [6.45, 7) is 0. The minimum absolute atomic E-state index is 0.155. The first-order chi connectivity index (χ1) is 10.3. The molecule has 1 radical (unpaired) electrons. The molecule has 6 heteroatoms. The fourth-order valence-electron chi connectivity index (χ4n) is 2.10. The van der Waals surface area contributed by atoms with Gasteiger partial charge >= 0.3 is 6.18 Å². The molecule has 0 saturated carbocycles. The third-order valence-corrected chi connectivity index (χ3v) is 3.44. The average Bonchev–Trinajstić information content (AvgIpc) is 2.88. The highest BCUT2D eigenvalue weighted by atomic mass is 35.5. The van der Waals surface area contributed by atoms with Gasteiger partial charge in [0.1, 0.15) is 0 Å². The highest BCUT2D eigenvalue weighted by molar-refractivity contribution is 6.31. The van der Waals surface area contributed by atoms with Crippen LogP contribution in [0.25, 0.3) is 10.9 Å². The molecule has 0 amide bonds. The Balaban J connectivity index is 1.95. The van der Waals surface area contributed by atoms with E-state index in [1.54, 1.807) is 18.2 Å². The van der Waals surface area contributed by atoms with Gasteiger partial charge in [0.25, 0.3) is 0 Å². The lowest BCUT2D eigenvalue weighted by atomic mass is 10.1. The van der Waals surface area contributed by atoms with E-state index in [0.717, 1.165) is 24.3 Å². The minimum atomic E-state index is -4.43. The number of carbonyl (C=O) groups is 1. The van der Waals surface area contributed by atoms with Gasteiger partial charge in [0.05, 0.1) is 11.3 Å². The number of rotatable bonds is 2. The number of ketones is 1. The van der Waals surface area contributed by atoms with Gasteiger partial charge in [0, 0.05) is 27.6 Å². The number of H-pyrrole nitrogens is 1. The molecule has 0 atom stereocenters. The Morgan fingerprint density at radius 2 is 1.77 bits per heavy atom. The van der Waals surface area contributed by atoms with E-state index in [0.29, 0.717) is 15.9 Å². The van der Waals surface area contributed by atoms with E-state index in [9.17, 15) is 18.0 Å². The summed E-state index contributed by atoms with van der Waals surface area (Å²) in [5.74, 6) is -0.430. The first kappa shape index (κ1) is 14.7. The summed E-state index contributed by atoms with van der Waals surface area (Å²) in [6, 6.07) is 12.0. The number of halogens is 4. The van der Waals surface area contributed by atoms with Crippen LogP contribution >= 0.6 is 11.6 Å². The van der Waals surface area contributed by atoms with Gasteiger partial charge in [-0.1, -0.05) is 29.8 Å². The van der Waals surface area contributed by atoms with Crippen molar-refractivity contribution < 1.29 is 18.0 Å². The van der Waals surface area contributed by atoms with Crippen molar-refractivity contribution >= 4 is 28.3 Å². The van der Waals surface area contributed by atoms with Crippen LogP contribution in [0.2, 0.25) is 5.02 Å². The zero-order chi connectivity index (χ0) is 15.9. The number of aromatic nitrogens is 1. The van der Waals surface area contributed by atoms with Crippen LogP contribution in [-0.4, -0.2) is 10.8 Å². The van der Waals surface area contributed by atoms with Crippen molar-refractivity contribution in [2.75, 3.05) is 0 Å². The molecule has 0 bridgehead atoms. The third kappa shape index (κ3) is 2.72. The Morgan fingerprint density at radius 1 is 1.09 bits per heavy atom. The Hall–Kier alpha value is -2.27. The summed E-state index contributed by atoms with van der Waals surface area (Å²) >= 11 is 5.86. The number of carbonyl (C=O) groups excluding carboxylic acids is 1. The number of hydrogen-bond donors (Lipinski definition) is 1. The minimum Gasteiger partial charge on any atom is -0.351 e. The summed E-state index contributed by atoms with van der Waals surface area (Å²) in [5.41, 5.74) is 0.179. The van der Waals surface area contributed by atoms with E-state index in [2.05, 4.69) is 11.1 Å². The maximum atomic E-state index is 12.5. The lowest BCUT2D eigenvalue weighted by molar-refractivity contribution is -0.137. The summed E-state index contributed by atoms with van der Waals surface area (Å²) in [7, 11) is 0. The summed E-state index contributed by atoms with van der Waals surface area (Å²) in [6.07, 6.45) is -4.43. The molecule has 2 aromatic carbocycles. The fraction of sp³-hybridized carbons (Fsp3) is 0.0625.